The zero-order valence-electron chi connectivity index (χ0n) is 11.3. The second-order valence-electron chi connectivity index (χ2n) is 4.71. The first-order chi connectivity index (χ1) is 9.49. The molecule has 0 bridgehead atoms. The van der Waals surface area contributed by atoms with Crippen LogP contribution in [-0.2, 0) is 6.54 Å². The molecule has 0 aliphatic carbocycles. The number of aromatic nitrogens is 2. The van der Waals surface area contributed by atoms with Gasteiger partial charge in [0.25, 0.3) is 0 Å². The van der Waals surface area contributed by atoms with Gasteiger partial charge in [0, 0.05) is 12.1 Å². The lowest BCUT2D eigenvalue weighted by molar-refractivity contribution is 0.102. The molecule has 4 nitrogen and oxygen atoms in total. The van der Waals surface area contributed by atoms with Crippen LogP contribution in [-0.4, -0.2) is 41.1 Å². The normalized spacial score (nSPS) is 11.1. The summed E-state index contributed by atoms with van der Waals surface area (Å²) in [5.41, 5.74) is 0.759. The molecule has 0 aliphatic rings. The highest BCUT2D eigenvalue weighted by Crippen LogP contribution is 2.20. The first kappa shape index (κ1) is 14.9. The van der Waals surface area contributed by atoms with Gasteiger partial charge in [-0.1, -0.05) is 12.1 Å². The Morgan fingerprint density at radius 1 is 1.45 bits per heavy atom. The molecule has 106 valence electrons. The van der Waals surface area contributed by atoms with Crippen molar-refractivity contribution >= 4 is 21.7 Å². The van der Waals surface area contributed by atoms with Crippen molar-refractivity contribution in [3.05, 3.63) is 52.0 Å². The van der Waals surface area contributed by atoms with Gasteiger partial charge in [-0.05, 0) is 42.2 Å². The second-order valence-corrected chi connectivity index (χ2v) is 5.56. The van der Waals surface area contributed by atoms with Gasteiger partial charge in [-0.3, -0.25) is 9.48 Å². The maximum Gasteiger partial charge on any atom is 0.212 e. The summed E-state index contributed by atoms with van der Waals surface area (Å²) in [6, 6.07) is 5.67. The molecule has 0 atom stereocenters. The molecule has 0 aliphatic heterocycles. The first-order valence-electron chi connectivity index (χ1n) is 6.15. The summed E-state index contributed by atoms with van der Waals surface area (Å²) >= 11 is 3.33. The van der Waals surface area contributed by atoms with Crippen LogP contribution in [0.4, 0.5) is 4.39 Å². The first-order valence-corrected chi connectivity index (χ1v) is 6.94. The van der Waals surface area contributed by atoms with E-state index in [-0.39, 0.29) is 5.78 Å². The molecular formula is C14H15BrFN3O. The number of carbonyl (C=O) groups is 1. The maximum atomic E-state index is 13.2. The van der Waals surface area contributed by atoms with E-state index in [1.165, 1.54) is 18.2 Å². The highest BCUT2D eigenvalue weighted by Gasteiger charge is 2.19. The van der Waals surface area contributed by atoms with E-state index in [4.69, 9.17) is 0 Å². The molecule has 0 fully saturated rings. The summed E-state index contributed by atoms with van der Waals surface area (Å²) in [6.45, 7) is 1.35. The largest absolute Gasteiger partial charge is 0.308 e. The Labute approximate surface area is 125 Å². The van der Waals surface area contributed by atoms with E-state index in [9.17, 15) is 9.18 Å². The number of halogens is 2. The van der Waals surface area contributed by atoms with E-state index in [1.807, 2.05) is 19.0 Å². The molecule has 2 rings (SSSR count). The van der Waals surface area contributed by atoms with Crippen molar-refractivity contribution in [2.75, 3.05) is 20.6 Å². The Balaban J connectivity index is 2.32. The van der Waals surface area contributed by atoms with Gasteiger partial charge in [0.05, 0.1) is 17.2 Å². The molecule has 0 spiro atoms. The average molecular weight is 340 g/mol. The second kappa shape index (κ2) is 6.28. The van der Waals surface area contributed by atoms with Crippen molar-refractivity contribution in [2.24, 2.45) is 0 Å². The maximum absolute atomic E-state index is 13.2. The number of hydrogen-bond acceptors (Lipinski definition) is 3. The lowest BCUT2D eigenvalue weighted by Gasteiger charge is -2.11. The number of nitrogens with zero attached hydrogens (tertiary/aromatic N) is 3. The minimum atomic E-state index is -0.425. The van der Waals surface area contributed by atoms with Crippen LogP contribution in [0.2, 0.25) is 0 Å². The number of ketones is 1. The third-order valence-electron chi connectivity index (χ3n) is 2.86. The Bertz CT molecular complexity index is 625. The lowest BCUT2D eigenvalue weighted by Crippen LogP contribution is -2.21. The third kappa shape index (κ3) is 3.32. The van der Waals surface area contributed by atoms with Gasteiger partial charge in [-0.15, -0.1) is 0 Å². The monoisotopic (exact) mass is 339 g/mol. The summed E-state index contributed by atoms with van der Waals surface area (Å²) in [4.78, 5) is 14.5. The number of rotatable bonds is 5. The van der Waals surface area contributed by atoms with Gasteiger partial charge in [-0.25, -0.2) is 4.39 Å². The van der Waals surface area contributed by atoms with E-state index < -0.39 is 5.82 Å². The Kier molecular flexibility index (Phi) is 4.67. The van der Waals surface area contributed by atoms with Crippen molar-refractivity contribution in [3.8, 4) is 0 Å². The molecule has 0 N–H and O–H groups in total. The van der Waals surface area contributed by atoms with Gasteiger partial charge >= 0.3 is 0 Å². The topological polar surface area (TPSA) is 38.1 Å². The zero-order chi connectivity index (χ0) is 14.7. The van der Waals surface area contributed by atoms with E-state index >= 15 is 0 Å². The van der Waals surface area contributed by atoms with Crippen molar-refractivity contribution in [3.63, 3.8) is 0 Å². The van der Waals surface area contributed by atoms with Gasteiger partial charge in [0.2, 0.25) is 5.78 Å². The number of benzene rings is 1. The smallest absolute Gasteiger partial charge is 0.212 e. The summed E-state index contributed by atoms with van der Waals surface area (Å²) in [5.74, 6) is -0.668. The molecule has 1 aromatic heterocycles. The molecule has 0 unspecified atom stereocenters. The average Bonchev–Trinajstić information content (AvgIpc) is 2.76. The molecule has 0 saturated carbocycles. The predicted molar refractivity (Wildman–Crippen MR) is 78.3 cm³/mol. The van der Waals surface area contributed by atoms with Crippen LogP contribution < -0.4 is 0 Å². The Hall–Kier alpha value is -1.53. The number of hydrogen-bond donors (Lipinski definition) is 0. The van der Waals surface area contributed by atoms with Crippen molar-refractivity contribution in [2.45, 2.75) is 6.54 Å². The standard InChI is InChI=1S/C14H15BrFN3O/c1-18(2)6-7-19-13(12(15)9-17-19)14(20)10-4-3-5-11(16)8-10/h3-5,8-9H,6-7H2,1-2H3. The fourth-order valence-electron chi connectivity index (χ4n) is 1.82. The molecule has 0 radical (unpaired) electrons. The van der Waals surface area contributed by atoms with Gasteiger partial charge in [-0.2, -0.15) is 5.10 Å². The zero-order valence-corrected chi connectivity index (χ0v) is 12.9. The molecule has 0 saturated heterocycles. The number of carbonyl (C=O) groups excluding carboxylic acids is 1. The van der Waals surface area contributed by atoms with E-state index in [2.05, 4.69) is 21.0 Å². The van der Waals surface area contributed by atoms with E-state index in [0.29, 0.717) is 22.3 Å². The van der Waals surface area contributed by atoms with E-state index in [1.54, 1.807) is 16.9 Å². The van der Waals surface area contributed by atoms with Crippen LogP contribution >= 0.6 is 15.9 Å². The van der Waals surface area contributed by atoms with E-state index in [0.717, 1.165) is 6.54 Å². The fourth-order valence-corrected chi connectivity index (χ4v) is 2.30. The summed E-state index contributed by atoms with van der Waals surface area (Å²) in [6.07, 6.45) is 1.59. The van der Waals surface area contributed by atoms with Crippen molar-refractivity contribution < 1.29 is 9.18 Å². The molecule has 6 heteroatoms. The Morgan fingerprint density at radius 3 is 2.85 bits per heavy atom. The van der Waals surface area contributed by atoms with Crippen LogP contribution in [0.15, 0.2) is 34.9 Å². The predicted octanol–water partition coefficient (Wildman–Crippen LogP) is 2.58. The lowest BCUT2D eigenvalue weighted by atomic mass is 10.1. The number of likely N-dealkylation sites (N-methyl/N-ethyl adjacent to an activating group) is 1. The molecule has 1 aromatic carbocycles. The van der Waals surface area contributed by atoms with Crippen LogP contribution in [0.1, 0.15) is 16.1 Å². The Morgan fingerprint density at radius 2 is 2.20 bits per heavy atom. The molecule has 2 aromatic rings. The highest BCUT2D eigenvalue weighted by atomic mass is 79.9. The highest BCUT2D eigenvalue weighted by molar-refractivity contribution is 9.10. The molecule has 1 heterocycles. The van der Waals surface area contributed by atoms with Gasteiger partial charge in [0.15, 0.2) is 0 Å². The fraction of sp³-hybridized carbons (Fsp3) is 0.286. The molecule has 0 amide bonds. The quantitative estimate of drug-likeness (QED) is 0.786. The van der Waals surface area contributed by atoms with Crippen molar-refractivity contribution in [1.82, 2.24) is 14.7 Å². The summed E-state index contributed by atoms with van der Waals surface area (Å²) < 4.78 is 15.5. The summed E-state index contributed by atoms with van der Waals surface area (Å²) in [5, 5.41) is 4.19. The van der Waals surface area contributed by atoms with Crippen LogP contribution in [0.5, 0.6) is 0 Å². The molecule has 20 heavy (non-hydrogen) atoms. The van der Waals surface area contributed by atoms with Crippen molar-refractivity contribution in [1.29, 1.82) is 0 Å². The van der Waals surface area contributed by atoms with Crippen LogP contribution in [0.25, 0.3) is 0 Å². The van der Waals surface area contributed by atoms with Crippen LogP contribution in [0, 0.1) is 5.82 Å². The summed E-state index contributed by atoms with van der Waals surface area (Å²) in [7, 11) is 3.90. The van der Waals surface area contributed by atoms with Gasteiger partial charge in [0.1, 0.15) is 11.5 Å². The van der Waals surface area contributed by atoms with Crippen LogP contribution in [0.3, 0.4) is 0 Å². The van der Waals surface area contributed by atoms with Gasteiger partial charge < -0.3 is 4.90 Å². The minimum Gasteiger partial charge on any atom is -0.308 e. The molecular weight excluding hydrogens is 325 g/mol. The SMILES string of the molecule is CN(C)CCn1ncc(Br)c1C(=O)c1cccc(F)c1. The minimum absolute atomic E-state index is 0.243. The third-order valence-corrected chi connectivity index (χ3v) is 3.44.